The highest BCUT2D eigenvalue weighted by atomic mass is 16.7. The maximum atomic E-state index is 13.0. The second kappa shape index (κ2) is 46.5. The summed E-state index contributed by atoms with van der Waals surface area (Å²) in [5.74, 6) is -0.228. The van der Waals surface area contributed by atoms with E-state index in [-0.39, 0.29) is 18.5 Å². The summed E-state index contributed by atoms with van der Waals surface area (Å²) in [7, 11) is 0. The first-order valence-electron chi connectivity index (χ1n) is 28.1. The lowest BCUT2D eigenvalue weighted by atomic mass is 9.99. The number of esters is 1. The normalized spacial score (nSPS) is 19.7. The third-order valence-electron chi connectivity index (χ3n) is 13.3. The first-order valence-corrected chi connectivity index (χ1v) is 28.1. The fourth-order valence-corrected chi connectivity index (χ4v) is 8.78. The summed E-state index contributed by atoms with van der Waals surface area (Å²) in [4.78, 5) is 25.1. The van der Waals surface area contributed by atoms with E-state index in [1.807, 2.05) is 6.08 Å². The van der Waals surface area contributed by atoms with E-state index in [0.717, 1.165) is 70.6 Å². The van der Waals surface area contributed by atoms with Crippen molar-refractivity contribution in [1.29, 1.82) is 0 Å². The zero-order chi connectivity index (χ0) is 48.8. The molecule has 0 spiro atoms. The smallest absolute Gasteiger partial charge is 0.305 e. The minimum absolute atomic E-state index is 0.0313. The Hall–Kier alpha value is -1.86. The number of hydrogen-bond donors (Lipinski definition) is 6. The van der Waals surface area contributed by atoms with Crippen LogP contribution < -0.4 is 5.32 Å². The monoisotopic (exact) mass is 952 g/mol. The number of unbranched alkanes of at least 4 members (excludes halogenated alkanes) is 32. The van der Waals surface area contributed by atoms with Gasteiger partial charge in [0.15, 0.2) is 6.29 Å². The Kier molecular flexibility index (Phi) is 43.8. The van der Waals surface area contributed by atoms with E-state index in [2.05, 4.69) is 31.3 Å². The van der Waals surface area contributed by atoms with Crippen molar-refractivity contribution in [2.75, 3.05) is 19.8 Å². The van der Waals surface area contributed by atoms with Crippen LogP contribution in [0.2, 0.25) is 0 Å². The van der Waals surface area contributed by atoms with Gasteiger partial charge in [-0.25, -0.2) is 0 Å². The van der Waals surface area contributed by atoms with E-state index in [4.69, 9.17) is 14.2 Å². The van der Waals surface area contributed by atoms with Crippen LogP contribution in [0.1, 0.15) is 258 Å². The zero-order valence-electron chi connectivity index (χ0n) is 43.1. The Bertz CT molecular complexity index is 1170. The van der Waals surface area contributed by atoms with E-state index < -0.39 is 49.5 Å². The molecule has 11 heteroatoms. The molecular formula is C56H105NO10. The van der Waals surface area contributed by atoms with E-state index in [0.29, 0.717) is 19.4 Å². The summed E-state index contributed by atoms with van der Waals surface area (Å²) < 4.78 is 16.7. The predicted octanol–water partition coefficient (Wildman–Crippen LogP) is 12.2. The molecule has 1 aliphatic heterocycles. The first-order chi connectivity index (χ1) is 32.7. The minimum atomic E-state index is -1.57. The van der Waals surface area contributed by atoms with Crippen LogP contribution in [0.25, 0.3) is 0 Å². The van der Waals surface area contributed by atoms with Crippen molar-refractivity contribution in [1.82, 2.24) is 5.32 Å². The lowest BCUT2D eigenvalue weighted by Crippen LogP contribution is -2.60. The first kappa shape index (κ1) is 63.2. The highest BCUT2D eigenvalue weighted by Gasteiger charge is 2.44. The molecule has 0 saturated carbocycles. The third-order valence-corrected chi connectivity index (χ3v) is 13.3. The van der Waals surface area contributed by atoms with Crippen LogP contribution >= 0.6 is 0 Å². The fraction of sp³-hybridized carbons (Fsp3) is 0.893. The lowest BCUT2D eigenvalue weighted by molar-refractivity contribution is -0.302. The molecular weight excluding hydrogens is 847 g/mol. The van der Waals surface area contributed by atoms with E-state index in [9.17, 15) is 35.1 Å². The van der Waals surface area contributed by atoms with Gasteiger partial charge in [0, 0.05) is 12.8 Å². The van der Waals surface area contributed by atoms with E-state index in [1.165, 1.54) is 161 Å². The van der Waals surface area contributed by atoms with Gasteiger partial charge in [-0.1, -0.05) is 212 Å². The number of nitrogens with one attached hydrogen (secondary N) is 1. The van der Waals surface area contributed by atoms with Gasteiger partial charge in [-0.05, 0) is 57.8 Å². The topological polar surface area (TPSA) is 175 Å². The zero-order valence-corrected chi connectivity index (χ0v) is 43.1. The molecule has 7 atom stereocenters. The SMILES string of the molecule is CCCCCCCC/C=C\CCCCCCCCCC(=O)OCCCCCCCCCCCCCCCC(=O)NC(COC1OC(CO)C(O)C(O)C1O)C(O)/C=C/CCCCCCCCC. The van der Waals surface area contributed by atoms with Gasteiger partial charge in [-0.2, -0.15) is 0 Å². The molecule has 0 radical (unpaired) electrons. The van der Waals surface area contributed by atoms with Gasteiger partial charge in [-0.15, -0.1) is 0 Å². The summed E-state index contributed by atoms with van der Waals surface area (Å²) >= 11 is 0. The molecule has 1 fully saturated rings. The fourth-order valence-electron chi connectivity index (χ4n) is 8.78. The molecule has 1 amide bonds. The van der Waals surface area contributed by atoms with Gasteiger partial charge in [0.05, 0.1) is 32.0 Å². The van der Waals surface area contributed by atoms with Crippen LogP contribution in [-0.4, -0.2) is 100 Å². The second-order valence-electron chi connectivity index (χ2n) is 19.6. The highest BCUT2D eigenvalue weighted by molar-refractivity contribution is 5.76. The Morgan fingerprint density at radius 1 is 0.537 bits per heavy atom. The molecule has 7 unspecified atom stereocenters. The van der Waals surface area contributed by atoms with Crippen molar-refractivity contribution in [3.8, 4) is 0 Å². The van der Waals surface area contributed by atoms with Crippen LogP contribution in [0.15, 0.2) is 24.3 Å². The predicted molar refractivity (Wildman–Crippen MR) is 274 cm³/mol. The number of aliphatic hydroxyl groups excluding tert-OH is 5. The van der Waals surface area contributed by atoms with Crippen molar-refractivity contribution in [3.05, 3.63) is 24.3 Å². The second-order valence-corrected chi connectivity index (χ2v) is 19.6. The van der Waals surface area contributed by atoms with Gasteiger partial charge < -0.3 is 45.1 Å². The molecule has 1 heterocycles. The molecule has 394 valence electrons. The number of carbonyl (C=O) groups excluding carboxylic acids is 2. The van der Waals surface area contributed by atoms with Gasteiger partial charge in [0.25, 0.3) is 0 Å². The Morgan fingerprint density at radius 3 is 1.43 bits per heavy atom. The molecule has 67 heavy (non-hydrogen) atoms. The number of allylic oxidation sites excluding steroid dienone is 3. The van der Waals surface area contributed by atoms with E-state index in [1.54, 1.807) is 6.08 Å². The molecule has 0 bridgehead atoms. The summed E-state index contributed by atoms with van der Waals surface area (Å²) in [5, 5.41) is 54.1. The van der Waals surface area contributed by atoms with Gasteiger partial charge in [0.2, 0.25) is 5.91 Å². The number of carbonyl (C=O) groups is 2. The molecule has 0 aromatic rings. The molecule has 0 aliphatic carbocycles. The summed E-state index contributed by atoms with van der Waals surface area (Å²) in [6, 6.07) is -0.818. The molecule has 0 aromatic carbocycles. The molecule has 0 aromatic heterocycles. The summed E-state index contributed by atoms with van der Waals surface area (Å²) in [6.45, 7) is 4.26. The Morgan fingerprint density at radius 2 is 0.955 bits per heavy atom. The van der Waals surface area contributed by atoms with Crippen LogP contribution in [0.5, 0.6) is 0 Å². The van der Waals surface area contributed by atoms with Crippen LogP contribution in [0.3, 0.4) is 0 Å². The Balaban J connectivity index is 2.07. The van der Waals surface area contributed by atoms with Gasteiger partial charge in [0.1, 0.15) is 24.4 Å². The van der Waals surface area contributed by atoms with E-state index >= 15 is 0 Å². The maximum Gasteiger partial charge on any atom is 0.305 e. The molecule has 1 aliphatic rings. The van der Waals surface area contributed by atoms with Crippen LogP contribution in [0, 0.1) is 0 Å². The van der Waals surface area contributed by atoms with Crippen molar-refractivity contribution < 1.29 is 49.3 Å². The number of rotatable bonds is 48. The number of hydrogen-bond acceptors (Lipinski definition) is 10. The van der Waals surface area contributed by atoms with Crippen LogP contribution in [-0.2, 0) is 23.8 Å². The van der Waals surface area contributed by atoms with Crippen molar-refractivity contribution >= 4 is 11.9 Å². The number of amides is 1. The minimum Gasteiger partial charge on any atom is -0.466 e. The maximum absolute atomic E-state index is 13.0. The summed E-state index contributed by atoms with van der Waals surface area (Å²) in [5.41, 5.74) is 0. The Labute approximate surface area is 410 Å². The number of ether oxygens (including phenoxy) is 3. The van der Waals surface area contributed by atoms with Crippen molar-refractivity contribution in [2.45, 2.75) is 301 Å². The third kappa shape index (κ3) is 36.7. The van der Waals surface area contributed by atoms with Gasteiger partial charge >= 0.3 is 5.97 Å². The molecule has 1 rings (SSSR count). The molecule has 11 nitrogen and oxygen atoms in total. The largest absolute Gasteiger partial charge is 0.466 e. The molecule has 1 saturated heterocycles. The average Bonchev–Trinajstić information content (AvgIpc) is 3.32. The number of aliphatic hydroxyl groups is 5. The van der Waals surface area contributed by atoms with Crippen molar-refractivity contribution in [2.24, 2.45) is 0 Å². The average molecular weight is 952 g/mol. The molecule has 6 N–H and O–H groups in total. The highest BCUT2D eigenvalue weighted by Crippen LogP contribution is 2.23. The standard InChI is InChI=1S/C56H105NO10/c1-3-5-7-9-11-13-14-15-16-17-18-21-24-28-32-36-40-44-52(61)65-45-41-37-33-29-25-22-19-20-23-27-31-35-39-43-51(60)57-48(49(59)42-38-34-30-26-12-10-8-6-4-2)47-66-56-55(64)54(63)53(62)50(46-58)67-56/h15-16,38,42,48-50,53-56,58-59,62-64H,3-14,17-37,39-41,43-47H2,1-2H3,(H,57,60)/b16-15-,42-38+. The lowest BCUT2D eigenvalue weighted by Gasteiger charge is -2.40. The summed E-state index contributed by atoms with van der Waals surface area (Å²) in [6.07, 6.45) is 44.1. The quantitative estimate of drug-likeness (QED) is 0.0196. The van der Waals surface area contributed by atoms with Crippen LogP contribution in [0.4, 0.5) is 0 Å². The van der Waals surface area contributed by atoms with Crippen molar-refractivity contribution in [3.63, 3.8) is 0 Å². The van der Waals surface area contributed by atoms with Gasteiger partial charge in [-0.3, -0.25) is 9.59 Å².